The van der Waals surface area contributed by atoms with E-state index in [1.165, 1.54) is 11.1 Å². The van der Waals surface area contributed by atoms with Crippen LogP contribution in [0.25, 0.3) is 0 Å². The normalized spacial score (nSPS) is 12.6. The molecule has 0 saturated heterocycles. The molecular weight excluding hydrogens is 246 g/mol. The molecule has 0 radical (unpaired) electrons. The highest BCUT2D eigenvalue weighted by molar-refractivity contribution is 5.24. The highest BCUT2D eigenvalue weighted by Gasteiger charge is 2.18. The molecule has 0 aliphatic rings. The first-order chi connectivity index (χ1) is 9.85. The first kappa shape index (κ1) is 14.8. The molecule has 0 heterocycles. The van der Waals surface area contributed by atoms with Crippen molar-refractivity contribution in [2.45, 2.75) is 19.4 Å². The van der Waals surface area contributed by atoms with Crippen molar-refractivity contribution in [2.24, 2.45) is 0 Å². The summed E-state index contributed by atoms with van der Waals surface area (Å²) in [5, 5.41) is 9.29. The fourth-order valence-corrected chi connectivity index (χ4v) is 2.63. The Hall–Kier alpha value is -1.64. The SMILES string of the molecule is CCN(CCO)[C@H](Cc1ccccc1)c1ccccc1. The van der Waals surface area contributed by atoms with Gasteiger partial charge in [0, 0.05) is 12.6 Å². The molecule has 106 valence electrons. The Balaban J connectivity index is 2.24. The van der Waals surface area contributed by atoms with Gasteiger partial charge in [-0.2, -0.15) is 0 Å². The Kier molecular flexibility index (Phi) is 5.78. The van der Waals surface area contributed by atoms with E-state index >= 15 is 0 Å². The third-order valence-corrected chi connectivity index (χ3v) is 3.69. The van der Waals surface area contributed by atoms with Crippen LogP contribution in [0.15, 0.2) is 60.7 Å². The maximum atomic E-state index is 9.29. The van der Waals surface area contributed by atoms with E-state index in [0.29, 0.717) is 12.6 Å². The molecule has 0 unspecified atom stereocenters. The van der Waals surface area contributed by atoms with Crippen LogP contribution in [-0.2, 0) is 6.42 Å². The van der Waals surface area contributed by atoms with Gasteiger partial charge in [-0.3, -0.25) is 4.90 Å². The van der Waals surface area contributed by atoms with E-state index in [-0.39, 0.29) is 6.61 Å². The quantitative estimate of drug-likeness (QED) is 0.834. The molecule has 0 spiro atoms. The van der Waals surface area contributed by atoms with Crippen molar-refractivity contribution in [3.8, 4) is 0 Å². The van der Waals surface area contributed by atoms with Crippen molar-refractivity contribution in [2.75, 3.05) is 19.7 Å². The van der Waals surface area contributed by atoms with E-state index in [0.717, 1.165) is 13.0 Å². The van der Waals surface area contributed by atoms with Crippen LogP contribution in [0.4, 0.5) is 0 Å². The number of rotatable bonds is 7. The molecule has 2 aromatic rings. The average Bonchev–Trinajstić information content (AvgIpc) is 2.52. The maximum absolute atomic E-state index is 9.29. The zero-order valence-corrected chi connectivity index (χ0v) is 12.1. The number of benzene rings is 2. The molecule has 2 heteroatoms. The van der Waals surface area contributed by atoms with E-state index in [2.05, 4.69) is 60.4 Å². The molecule has 2 nitrogen and oxygen atoms in total. The third kappa shape index (κ3) is 3.92. The topological polar surface area (TPSA) is 23.5 Å². The minimum absolute atomic E-state index is 0.200. The molecule has 0 fully saturated rings. The van der Waals surface area contributed by atoms with Gasteiger partial charge in [0.2, 0.25) is 0 Å². The Labute approximate surface area is 121 Å². The molecule has 0 bridgehead atoms. The lowest BCUT2D eigenvalue weighted by Crippen LogP contribution is -2.32. The Bertz CT molecular complexity index is 483. The lowest BCUT2D eigenvalue weighted by atomic mass is 9.97. The Morgan fingerprint density at radius 3 is 2.10 bits per heavy atom. The second kappa shape index (κ2) is 7.83. The highest BCUT2D eigenvalue weighted by Crippen LogP contribution is 2.24. The van der Waals surface area contributed by atoms with E-state index in [9.17, 15) is 5.11 Å². The number of hydrogen-bond acceptors (Lipinski definition) is 2. The van der Waals surface area contributed by atoms with E-state index in [1.807, 2.05) is 12.1 Å². The van der Waals surface area contributed by atoms with Gasteiger partial charge in [-0.25, -0.2) is 0 Å². The monoisotopic (exact) mass is 269 g/mol. The molecule has 0 aliphatic carbocycles. The van der Waals surface area contributed by atoms with Crippen molar-refractivity contribution < 1.29 is 5.11 Å². The molecule has 2 rings (SSSR count). The van der Waals surface area contributed by atoms with Crippen LogP contribution in [-0.4, -0.2) is 29.7 Å². The van der Waals surface area contributed by atoms with Crippen molar-refractivity contribution >= 4 is 0 Å². The van der Waals surface area contributed by atoms with Gasteiger partial charge in [-0.1, -0.05) is 67.6 Å². The summed E-state index contributed by atoms with van der Waals surface area (Å²) >= 11 is 0. The number of aliphatic hydroxyl groups is 1. The van der Waals surface area contributed by atoms with Gasteiger partial charge >= 0.3 is 0 Å². The summed E-state index contributed by atoms with van der Waals surface area (Å²) in [5.74, 6) is 0. The minimum atomic E-state index is 0.200. The van der Waals surface area contributed by atoms with Gasteiger partial charge in [0.25, 0.3) is 0 Å². The smallest absolute Gasteiger partial charge is 0.0558 e. The summed E-state index contributed by atoms with van der Waals surface area (Å²) in [5.41, 5.74) is 2.64. The first-order valence-electron chi connectivity index (χ1n) is 7.29. The zero-order valence-electron chi connectivity index (χ0n) is 12.1. The van der Waals surface area contributed by atoms with Gasteiger partial charge in [0.1, 0.15) is 0 Å². The van der Waals surface area contributed by atoms with Crippen LogP contribution < -0.4 is 0 Å². The van der Waals surface area contributed by atoms with Crippen molar-refractivity contribution in [3.63, 3.8) is 0 Å². The van der Waals surface area contributed by atoms with Crippen LogP contribution in [0, 0.1) is 0 Å². The maximum Gasteiger partial charge on any atom is 0.0558 e. The fourth-order valence-electron chi connectivity index (χ4n) is 2.63. The zero-order chi connectivity index (χ0) is 14.2. The molecule has 20 heavy (non-hydrogen) atoms. The van der Waals surface area contributed by atoms with Gasteiger partial charge in [0.15, 0.2) is 0 Å². The Morgan fingerprint density at radius 2 is 1.55 bits per heavy atom. The molecule has 2 aromatic carbocycles. The second-order valence-corrected chi connectivity index (χ2v) is 4.97. The summed E-state index contributed by atoms with van der Waals surface area (Å²) in [6, 6.07) is 21.4. The van der Waals surface area contributed by atoms with Crippen LogP contribution in [0.1, 0.15) is 24.1 Å². The van der Waals surface area contributed by atoms with Gasteiger partial charge in [-0.05, 0) is 24.1 Å². The number of hydrogen-bond donors (Lipinski definition) is 1. The van der Waals surface area contributed by atoms with E-state index in [1.54, 1.807) is 0 Å². The summed E-state index contributed by atoms with van der Waals surface area (Å²) < 4.78 is 0. The average molecular weight is 269 g/mol. The second-order valence-electron chi connectivity index (χ2n) is 4.97. The lowest BCUT2D eigenvalue weighted by Gasteiger charge is -2.30. The number of nitrogens with zero attached hydrogens (tertiary/aromatic N) is 1. The molecule has 0 amide bonds. The van der Waals surface area contributed by atoms with Crippen LogP contribution >= 0.6 is 0 Å². The standard InChI is InChI=1S/C18H23NO/c1-2-19(13-14-20)18(17-11-7-4-8-12-17)15-16-9-5-3-6-10-16/h3-12,18,20H,2,13-15H2,1H3/t18-/m1/s1. The van der Waals surface area contributed by atoms with Crippen LogP contribution in [0.5, 0.6) is 0 Å². The summed E-state index contributed by atoms with van der Waals surface area (Å²) in [4.78, 5) is 2.34. The van der Waals surface area contributed by atoms with Crippen molar-refractivity contribution in [1.29, 1.82) is 0 Å². The summed E-state index contributed by atoms with van der Waals surface area (Å²) in [6.07, 6.45) is 0.971. The summed E-state index contributed by atoms with van der Waals surface area (Å²) in [6.45, 7) is 4.00. The molecule has 0 saturated carbocycles. The molecule has 0 aliphatic heterocycles. The van der Waals surface area contributed by atoms with Gasteiger partial charge < -0.3 is 5.11 Å². The largest absolute Gasteiger partial charge is 0.395 e. The molecule has 1 N–H and O–H groups in total. The van der Waals surface area contributed by atoms with Gasteiger partial charge in [-0.15, -0.1) is 0 Å². The minimum Gasteiger partial charge on any atom is -0.395 e. The third-order valence-electron chi connectivity index (χ3n) is 3.69. The molecule has 0 aromatic heterocycles. The highest BCUT2D eigenvalue weighted by atomic mass is 16.3. The van der Waals surface area contributed by atoms with E-state index in [4.69, 9.17) is 0 Å². The number of aliphatic hydroxyl groups excluding tert-OH is 1. The predicted molar refractivity (Wildman–Crippen MR) is 83.7 cm³/mol. The van der Waals surface area contributed by atoms with Crippen LogP contribution in [0.3, 0.4) is 0 Å². The van der Waals surface area contributed by atoms with Crippen molar-refractivity contribution in [1.82, 2.24) is 4.90 Å². The van der Waals surface area contributed by atoms with E-state index < -0.39 is 0 Å². The Morgan fingerprint density at radius 1 is 0.950 bits per heavy atom. The van der Waals surface area contributed by atoms with Crippen LogP contribution in [0.2, 0.25) is 0 Å². The van der Waals surface area contributed by atoms with Crippen molar-refractivity contribution in [3.05, 3.63) is 71.8 Å². The fraction of sp³-hybridized carbons (Fsp3) is 0.333. The number of likely N-dealkylation sites (N-methyl/N-ethyl adjacent to an activating group) is 1. The summed E-state index contributed by atoms with van der Waals surface area (Å²) in [7, 11) is 0. The first-order valence-corrected chi connectivity index (χ1v) is 7.29. The lowest BCUT2D eigenvalue weighted by molar-refractivity contribution is 0.156. The molecular formula is C18H23NO. The predicted octanol–water partition coefficient (Wildman–Crippen LogP) is 3.28. The van der Waals surface area contributed by atoms with Gasteiger partial charge in [0.05, 0.1) is 6.61 Å². The molecule has 1 atom stereocenters.